The SMILES string of the molecule is CN(C)c1ccc(C2c3sc(=O)n(CC(=O)Nc4ccccc4)c3SC3C(=O)N(c4ccc(Br)cc4)C(=O)C32)cc1. The molecule has 1 aromatic heterocycles. The molecule has 3 unspecified atom stereocenters. The van der Waals surface area contributed by atoms with Crippen molar-refractivity contribution >= 4 is 73.8 Å². The Morgan fingerprint density at radius 1 is 0.927 bits per heavy atom. The number of rotatable bonds is 6. The van der Waals surface area contributed by atoms with Crippen molar-refractivity contribution in [2.45, 2.75) is 22.7 Å². The van der Waals surface area contributed by atoms with Crippen LogP contribution < -0.4 is 20.0 Å². The quantitative estimate of drug-likeness (QED) is 0.290. The highest BCUT2D eigenvalue weighted by Gasteiger charge is 2.56. The van der Waals surface area contributed by atoms with Crippen molar-refractivity contribution in [3.63, 3.8) is 0 Å². The lowest BCUT2D eigenvalue weighted by Crippen LogP contribution is -2.33. The number of carbonyl (C=O) groups is 3. The molecule has 3 atom stereocenters. The molecule has 2 aliphatic heterocycles. The van der Waals surface area contributed by atoms with Gasteiger partial charge in [-0.05, 0) is 54.1 Å². The van der Waals surface area contributed by atoms with Crippen LogP contribution in [0.2, 0.25) is 0 Å². The van der Waals surface area contributed by atoms with Crippen LogP contribution in [0.15, 0.2) is 93.2 Å². The van der Waals surface area contributed by atoms with Gasteiger partial charge in [0.1, 0.15) is 11.8 Å². The largest absolute Gasteiger partial charge is 0.378 e. The lowest BCUT2D eigenvalue weighted by molar-refractivity contribution is -0.122. The van der Waals surface area contributed by atoms with E-state index in [4.69, 9.17) is 0 Å². The van der Waals surface area contributed by atoms with E-state index in [-0.39, 0.29) is 29.1 Å². The summed E-state index contributed by atoms with van der Waals surface area (Å²) >= 11 is 5.66. The van der Waals surface area contributed by atoms with Crippen molar-refractivity contribution in [2.75, 3.05) is 29.2 Å². The first-order valence-electron chi connectivity index (χ1n) is 12.9. The molecule has 0 radical (unpaired) electrons. The Bertz CT molecular complexity index is 1700. The standard InChI is InChI=1S/C30H25BrN4O4S2/c1-33(2)20-12-8-17(9-13-20)23-24-25(28(38)35(27(24)37)21-14-10-18(31)11-15-21)40-29-26(23)41-30(39)34(29)16-22(36)32-19-6-4-3-5-7-19/h3-15,23-25H,16H2,1-2H3,(H,32,36). The monoisotopic (exact) mass is 648 g/mol. The summed E-state index contributed by atoms with van der Waals surface area (Å²) in [5.74, 6) is -2.18. The molecule has 0 bridgehead atoms. The van der Waals surface area contributed by atoms with E-state index in [9.17, 15) is 19.2 Å². The molecule has 1 saturated heterocycles. The highest BCUT2D eigenvalue weighted by atomic mass is 79.9. The normalized spacial score (nSPS) is 19.6. The molecule has 3 aromatic carbocycles. The Morgan fingerprint density at radius 3 is 2.27 bits per heavy atom. The summed E-state index contributed by atoms with van der Waals surface area (Å²) in [7, 11) is 3.89. The van der Waals surface area contributed by atoms with Crippen molar-refractivity contribution < 1.29 is 14.4 Å². The van der Waals surface area contributed by atoms with Gasteiger partial charge in [-0.25, -0.2) is 4.90 Å². The van der Waals surface area contributed by atoms with E-state index in [0.29, 0.717) is 21.3 Å². The lowest BCUT2D eigenvalue weighted by Gasteiger charge is -2.31. The topological polar surface area (TPSA) is 91.7 Å². The number of amides is 3. The summed E-state index contributed by atoms with van der Waals surface area (Å²) in [5, 5.41) is 2.65. The zero-order valence-electron chi connectivity index (χ0n) is 22.1. The molecular formula is C30H25BrN4O4S2. The zero-order chi connectivity index (χ0) is 28.8. The van der Waals surface area contributed by atoms with Gasteiger partial charge in [-0.15, -0.1) is 0 Å². The van der Waals surface area contributed by atoms with Crippen molar-refractivity contribution in [3.05, 3.63) is 103 Å². The van der Waals surface area contributed by atoms with E-state index in [0.717, 1.165) is 27.1 Å². The summed E-state index contributed by atoms with van der Waals surface area (Å²) in [6.45, 7) is -0.200. The third-order valence-corrected chi connectivity index (χ3v) is 10.4. The average Bonchev–Trinajstić information content (AvgIpc) is 3.40. The second-order valence-corrected chi connectivity index (χ2v) is 13.1. The number of benzene rings is 3. The number of fused-ring (bicyclic) bond motifs is 2. The van der Waals surface area contributed by atoms with Crippen molar-refractivity contribution in [2.24, 2.45) is 5.92 Å². The van der Waals surface area contributed by atoms with Crippen LogP contribution in [0.1, 0.15) is 16.4 Å². The molecule has 208 valence electrons. The minimum Gasteiger partial charge on any atom is -0.378 e. The van der Waals surface area contributed by atoms with Crippen LogP contribution >= 0.6 is 39.0 Å². The minimum absolute atomic E-state index is 0.200. The first-order valence-corrected chi connectivity index (χ1v) is 15.4. The molecule has 41 heavy (non-hydrogen) atoms. The Hall–Kier alpha value is -3.67. The second kappa shape index (κ2) is 11.0. The van der Waals surface area contributed by atoms with Gasteiger partial charge in [0.25, 0.3) is 0 Å². The number of halogens is 1. The summed E-state index contributed by atoms with van der Waals surface area (Å²) in [6, 6.07) is 23.9. The van der Waals surface area contributed by atoms with E-state index in [1.165, 1.54) is 21.2 Å². The van der Waals surface area contributed by atoms with Gasteiger partial charge in [0.05, 0.1) is 16.6 Å². The van der Waals surface area contributed by atoms with Crippen LogP contribution in [0, 0.1) is 5.92 Å². The first-order chi connectivity index (χ1) is 19.7. The fraction of sp³-hybridized carbons (Fsp3) is 0.200. The number of nitrogens with one attached hydrogen (secondary N) is 1. The predicted octanol–water partition coefficient (Wildman–Crippen LogP) is 5.17. The van der Waals surface area contributed by atoms with Gasteiger partial charge in [0.2, 0.25) is 17.7 Å². The molecule has 2 aliphatic rings. The predicted molar refractivity (Wildman–Crippen MR) is 166 cm³/mol. The van der Waals surface area contributed by atoms with Crippen molar-refractivity contribution in [1.29, 1.82) is 0 Å². The molecule has 6 rings (SSSR count). The number of thiazole rings is 1. The summed E-state index contributed by atoms with van der Waals surface area (Å²) in [5.41, 5.74) is 2.96. The molecular weight excluding hydrogens is 624 g/mol. The summed E-state index contributed by atoms with van der Waals surface area (Å²) < 4.78 is 2.27. The van der Waals surface area contributed by atoms with Crippen molar-refractivity contribution in [1.82, 2.24) is 4.57 Å². The number of aromatic nitrogens is 1. The summed E-state index contributed by atoms with van der Waals surface area (Å²) in [4.78, 5) is 57.8. The maximum absolute atomic E-state index is 14.0. The average molecular weight is 650 g/mol. The molecule has 1 fully saturated rings. The van der Waals surface area contributed by atoms with Gasteiger partial charge < -0.3 is 10.2 Å². The minimum atomic E-state index is -0.741. The molecule has 0 aliphatic carbocycles. The Labute approximate surface area is 253 Å². The van der Waals surface area contributed by atoms with Gasteiger partial charge in [0, 0.05) is 40.7 Å². The molecule has 8 nitrogen and oxygen atoms in total. The number of nitrogens with zero attached hydrogens (tertiary/aromatic N) is 3. The molecule has 4 aromatic rings. The second-order valence-electron chi connectivity index (χ2n) is 10.1. The van der Waals surface area contributed by atoms with Gasteiger partial charge in [-0.1, -0.05) is 69.4 Å². The van der Waals surface area contributed by atoms with E-state index < -0.39 is 17.1 Å². The van der Waals surface area contributed by atoms with E-state index in [1.807, 2.05) is 61.5 Å². The Balaban J connectivity index is 1.42. The number of hydrogen-bond acceptors (Lipinski definition) is 7. The number of para-hydroxylation sites is 1. The van der Waals surface area contributed by atoms with Crippen LogP contribution in [-0.4, -0.2) is 41.6 Å². The Morgan fingerprint density at radius 2 is 1.61 bits per heavy atom. The Kier molecular flexibility index (Phi) is 7.35. The van der Waals surface area contributed by atoms with Crippen molar-refractivity contribution in [3.8, 4) is 0 Å². The van der Waals surface area contributed by atoms with Crippen LogP contribution in [0.3, 0.4) is 0 Å². The first kappa shape index (κ1) is 27.5. The number of anilines is 3. The van der Waals surface area contributed by atoms with Crippen LogP contribution in [0.25, 0.3) is 0 Å². The van der Waals surface area contributed by atoms with Crippen LogP contribution in [0.4, 0.5) is 17.1 Å². The molecule has 3 amide bonds. The maximum atomic E-state index is 14.0. The smallest absolute Gasteiger partial charge is 0.308 e. The van der Waals surface area contributed by atoms with Gasteiger partial charge >= 0.3 is 4.87 Å². The highest BCUT2D eigenvalue weighted by molar-refractivity contribution is 9.10. The highest BCUT2D eigenvalue weighted by Crippen LogP contribution is 2.54. The molecule has 3 heterocycles. The molecule has 1 N–H and O–H groups in total. The zero-order valence-corrected chi connectivity index (χ0v) is 25.3. The van der Waals surface area contributed by atoms with Crippen LogP contribution in [0.5, 0.6) is 0 Å². The van der Waals surface area contributed by atoms with E-state index in [2.05, 4.69) is 21.2 Å². The fourth-order valence-corrected chi connectivity index (χ4v) is 8.34. The number of thioether (sulfide) groups is 1. The maximum Gasteiger partial charge on any atom is 0.308 e. The van der Waals surface area contributed by atoms with Gasteiger partial charge in [-0.3, -0.25) is 23.7 Å². The molecule has 0 spiro atoms. The number of hydrogen-bond donors (Lipinski definition) is 1. The van der Waals surface area contributed by atoms with Crippen LogP contribution in [-0.2, 0) is 20.9 Å². The number of carbonyl (C=O) groups excluding carboxylic acids is 3. The van der Waals surface area contributed by atoms with Gasteiger partial charge in [0.15, 0.2) is 0 Å². The van der Waals surface area contributed by atoms with E-state index in [1.54, 1.807) is 36.4 Å². The van der Waals surface area contributed by atoms with E-state index >= 15 is 0 Å². The third-order valence-electron chi connectivity index (χ3n) is 7.26. The summed E-state index contributed by atoms with van der Waals surface area (Å²) in [6.07, 6.45) is 0. The fourth-order valence-electron chi connectivity index (χ4n) is 5.30. The van der Waals surface area contributed by atoms with Gasteiger partial charge in [-0.2, -0.15) is 0 Å². The number of imide groups is 1. The molecule has 0 saturated carbocycles. The molecule has 11 heteroatoms. The lowest BCUT2D eigenvalue weighted by atomic mass is 9.83. The third kappa shape index (κ3) is 5.02.